The number of hydrogen-bond donors (Lipinski definition) is 0. The zero-order chi connectivity index (χ0) is 10.3. The molecule has 0 saturated carbocycles. The first-order chi connectivity index (χ1) is 6.20. The first-order valence-corrected chi connectivity index (χ1v) is 4.81. The second-order valence-corrected chi connectivity index (χ2v) is 2.87. The summed E-state index contributed by atoms with van der Waals surface area (Å²) < 4.78 is 20.8. The molecule has 0 aliphatic carbocycles. The van der Waals surface area contributed by atoms with Gasteiger partial charge in [-0.25, -0.2) is 0 Å². The predicted octanol–water partition coefficient (Wildman–Crippen LogP) is -0.179. The van der Waals surface area contributed by atoms with Crippen LogP contribution in [0.25, 0.3) is 0 Å². The SMILES string of the molecule is C=CCC(OC)C(OC)(OC)O[SiH3]. The molecule has 0 saturated heterocycles. The molecule has 4 nitrogen and oxygen atoms in total. The molecule has 0 aliphatic heterocycles. The van der Waals surface area contributed by atoms with Crippen LogP contribution < -0.4 is 0 Å². The van der Waals surface area contributed by atoms with Gasteiger partial charge in [0.05, 0.1) is 0 Å². The molecule has 0 radical (unpaired) electrons. The Labute approximate surface area is 82.4 Å². The molecule has 78 valence electrons. The van der Waals surface area contributed by atoms with E-state index in [1.807, 2.05) is 0 Å². The minimum absolute atomic E-state index is 0.294. The average molecular weight is 206 g/mol. The van der Waals surface area contributed by atoms with E-state index in [9.17, 15) is 0 Å². The quantitative estimate of drug-likeness (QED) is 0.329. The van der Waals surface area contributed by atoms with Gasteiger partial charge in [-0.3, -0.25) is 0 Å². The number of methoxy groups -OCH3 is 3. The molecule has 1 atom stereocenters. The standard InChI is InChI=1S/C8H18O4Si/c1-5-6-7(9-2)8(10-3,11-4)12-13/h5,7H,1,6H2,2-4,13H3. The summed E-state index contributed by atoms with van der Waals surface area (Å²) in [5.41, 5.74) is 0. The van der Waals surface area contributed by atoms with Crippen molar-refractivity contribution in [1.29, 1.82) is 0 Å². The van der Waals surface area contributed by atoms with Crippen LogP contribution in [0.3, 0.4) is 0 Å². The second-order valence-electron chi connectivity index (χ2n) is 2.46. The maximum Gasteiger partial charge on any atom is 0.300 e. The van der Waals surface area contributed by atoms with Gasteiger partial charge < -0.3 is 18.6 Å². The van der Waals surface area contributed by atoms with Gasteiger partial charge in [0.2, 0.25) is 0 Å². The van der Waals surface area contributed by atoms with Crippen molar-refractivity contribution in [2.75, 3.05) is 21.3 Å². The van der Waals surface area contributed by atoms with E-state index in [4.69, 9.17) is 18.6 Å². The number of hydrogen-bond acceptors (Lipinski definition) is 4. The van der Waals surface area contributed by atoms with E-state index < -0.39 is 5.97 Å². The van der Waals surface area contributed by atoms with E-state index in [-0.39, 0.29) is 6.10 Å². The van der Waals surface area contributed by atoms with Crippen LogP contribution in [0.2, 0.25) is 0 Å². The zero-order valence-corrected chi connectivity index (χ0v) is 10.7. The van der Waals surface area contributed by atoms with Crippen molar-refractivity contribution in [3.8, 4) is 0 Å². The molecule has 5 heteroatoms. The summed E-state index contributed by atoms with van der Waals surface area (Å²) in [6, 6.07) is 0. The van der Waals surface area contributed by atoms with Gasteiger partial charge in [0.15, 0.2) is 10.5 Å². The van der Waals surface area contributed by atoms with Crippen molar-refractivity contribution >= 4 is 10.5 Å². The van der Waals surface area contributed by atoms with Crippen molar-refractivity contribution < 1.29 is 18.6 Å². The van der Waals surface area contributed by atoms with Crippen molar-refractivity contribution in [3.05, 3.63) is 12.7 Å². The molecule has 1 unspecified atom stereocenters. The van der Waals surface area contributed by atoms with Crippen LogP contribution in [-0.4, -0.2) is 43.9 Å². The van der Waals surface area contributed by atoms with E-state index in [2.05, 4.69) is 6.58 Å². The number of rotatable bonds is 7. The summed E-state index contributed by atoms with van der Waals surface area (Å²) in [4.78, 5) is 0. The lowest BCUT2D eigenvalue weighted by Gasteiger charge is -2.35. The Kier molecular flexibility index (Phi) is 6.18. The van der Waals surface area contributed by atoms with Crippen LogP contribution >= 0.6 is 0 Å². The molecule has 0 fully saturated rings. The maximum absolute atomic E-state index is 5.26. The lowest BCUT2D eigenvalue weighted by molar-refractivity contribution is -0.364. The number of ether oxygens (including phenoxy) is 3. The highest BCUT2D eigenvalue weighted by Crippen LogP contribution is 2.22. The molecule has 0 aromatic carbocycles. The molecule has 0 spiro atoms. The molecule has 0 aliphatic rings. The largest absolute Gasteiger partial charge is 0.378 e. The minimum Gasteiger partial charge on any atom is -0.378 e. The molecule has 13 heavy (non-hydrogen) atoms. The van der Waals surface area contributed by atoms with E-state index in [1.165, 1.54) is 14.2 Å². The molecular weight excluding hydrogens is 188 g/mol. The van der Waals surface area contributed by atoms with Crippen molar-refractivity contribution in [2.24, 2.45) is 0 Å². The third-order valence-electron chi connectivity index (χ3n) is 1.91. The molecule has 0 bridgehead atoms. The zero-order valence-electron chi connectivity index (χ0n) is 8.70. The van der Waals surface area contributed by atoms with Gasteiger partial charge in [0, 0.05) is 21.3 Å². The summed E-state index contributed by atoms with van der Waals surface area (Å²) in [6.45, 7) is 3.63. The van der Waals surface area contributed by atoms with Crippen LogP contribution in [0.15, 0.2) is 12.7 Å². The smallest absolute Gasteiger partial charge is 0.300 e. The molecule has 0 aromatic rings. The van der Waals surface area contributed by atoms with Crippen molar-refractivity contribution in [2.45, 2.75) is 18.5 Å². The van der Waals surface area contributed by atoms with Gasteiger partial charge in [-0.2, -0.15) is 0 Å². The van der Waals surface area contributed by atoms with Gasteiger partial charge in [-0.15, -0.1) is 6.58 Å². The second kappa shape index (κ2) is 6.28. The summed E-state index contributed by atoms with van der Waals surface area (Å²) in [5, 5.41) is 0. The molecule has 0 heterocycles. The van der Waals surface area contributed by atoms with Gasteiger partial charge >= 0.3 is 0 Å². The Morgan fingerprint density at radius 2 is 1.92 bits per heavy atom. The van der Waals surface area contributed by atoms with Crippen LogP contribution in [0, 0.1) is 0 Å². The van der Waals surface area contributed by atoms with E-state index in [0.29, 0.717) is 16.9 Å². The highest BCUT2D eigenvalue weighted by Gasteiger charge is 2.39. The molecular formula is C8H18O4Si. The lowest BCUT2D eigenvalue weighted by Crippen LogP contribution is -2.48. The molecule has 0 aromatic heterocycles. The van der Waals surface area contributed by atoms with Crippen molar-refractivity contribution in [3.63, 3.8) is 0 Å². The van der Waals surface area contributed by atoms with Crippen LogP contribution in [0.4, 0.5) is 0 Å². The van der Waals surface area contributed by atoms with E-state index in [0.717, 1.165) is 0 Å². The summed E-state index contributed by atoms with van der Waals surface area (Å²) in [7, 11) is 5.14. The van der Waals surface area contributed by atoms with Gasteiger partial charge in [-0.05, 0) is 6.42 Å². The average Bonchev–Trinajstić information content (AvgIpc) is 2.19. The predicted molar refractivity (Wildman–Crippen MR) is 53.4 cm³/mol. The first kappa shape index (κ1) is 12.8. The Balaban J connectivity index is 4.54. The third-order valence-corrected chi connectivity index (χ3v) is 2.48. The van der Waals surface area contributed by atoms with Gasteiger partial charge in [0.1, 0.15) is 6.10 Å². The topological polar surface area (TPSA) is 36.9 Å². The molecule has 0 N–H and O–H groups in total. The van der Waals surface area contributed by atoms with Crippen LogP contribution in [0.5, 0.6) is 0 Å². The maximum atomic E-state index is 5.26. The Bertz CT molecular complexity index is 139. The Hall–Kier alpha value is -0.203. The fourth-order valence-corrected chi connectivity index (χ4v) is 1.78. The highest BCUT2D eigenvalue weighted by molar-refractivity contribution is 5.98. The van der Waals surface area contributed by atoms with Gasteiger partial charge in [0.25, 0.3) is 5.97 Å². The fourth-order valence-electron chi connectivity index (χ4n) is 1.18. The summed E-state index contributed by atoms with van der Waals surface area (Å²) in [5.74, 6) is -1.09. The summed E-state index contributed by atoms with van der Waals surface area (Å²) in [6.07, 6.45) is 2.06. The van der Waals surface area contributed by atoms with Crippen LogP contribution in [0.1, 0.15) is 6.42 Å². The Morgan fingerprint density at radius 3 is 2.15 bits per heavy atom. The minimum atomic E-state index is -1.09. The highest BCUT2D eigenvalue weighted by atomic mass is 28.2. The van der Waals surface area contributed by atoms with Gasteiger partial charge in [-0.1, -0.05) is 6.08 Å². The van der Waals surface area contributed by atoms with Crippen LogP contribution in [-0.2, 0) is 18.6 Å². The fraction of sp³-hybridized carbons (Fsp3) is 0.750. The first-order valence-electron chi connectivity index (χ1n) is 3.99. The molecule has 0 amide bonds. The van der Waals surface area contributed by atoms with E-state index >= 15 is 0 Å². The monoisotopic (exact) mass is 206 g/mol. The third kappa shape index (κ3) is 2.89. The lowest BCUT2D eigenvalue weighted by atomic mass is 10.2. The molecule has 0 rings (SSSR count). The normalized spacial score (nSPS) is 14.4. The van der Waals surface area contributed by atoms with Crippen molar-refractivity contribution in [1.82, 2.24) is 0 Å². The summed E-state index contributed by atoms with van der Waals surface area (Å²) >= 11 is 0. The van der Waals surface area contributed by atoms with E-state index in [1.54, 1.807) is 13.2 Å². The Morgan fingerprint density at radius 1 is 1.38 bits per heavy atom.